The van der Waals surface area contributed by atoms with Gasteiger partial charge in [0.25, 0.3) is 5.69 Å². The summed E-state index contributed by atoms with van der Waals surface area (Å²) in [7, 11) is 0. The molecule has 1 aliphatic rings. The number of nitrogens with zero attached hydrogens (tertiary/aromatic N) is 4. The molecule has 0 spiro atoms. The number of thiazole rings is 1. The number of piperidine rings is 1. The number of quaternary nitrogens is 1. The number of likely N-dealkylation sites (tertiary alicyclic amines) is 1. The van der Waals surface area contributed by atoms with Gasteiger partial charge < -0.3 is 10.0 Å². The van der Waals surface area contributed by atoms with Crippen molar-refractivity contribution in [2.75, 3.05) is 13.1 Å². The Labute approximate surface area is 173 Å². The number of nitrogens with one attached hydrogen (secondary N) is 1. The number of aromatic nitrogens is 3. The number of hydrogen-bond acceptors (Lipinski definition) is 6. The second-order valence-corrected chi connectivity index (χ2v) is 9.17. The van der Waals surface area contributed by atoms with E-state index in [0.717, 1.165) is 23.5 Å². The van der Waals surface area contributed by atoms with Gasteiger partial charge in [0.1, 0.15) is 4.88 Å². The Kier molecular flexibility index (Phi) is 5.26. The predicted molar refractivity (Wildman–Crippen MR) is 110 cm³/mol. The average Bonchev–Trinajstić information content (AvgIpc) is 3.21. The summed E-state index contributed by atoms with van der Waals surface area (Å²) in [6, 6.07) is 6.60. The van der Waals surface area contributed by atoms with Crippen LogP contribution in [0.2, 0.25) is 0 Å². The average molecular weight is 417 g/mol. The monoisotopic (exact) mass is 416 g/mol. The minimum Gasteiger partial charge on any atom is -0.492 e. The van der Waals surface area contributed by atoms with Crippen molar-refractivity contribution in [3.63, 3.8) is 0 Å². The molecule has 1 saturated heterocycles. The summed E-state index contributed by atoms with van der Waals surface area (Å²) in [6.07, 6.45) is 1.90. The van der Waals surface area contributed by atoms with Crippen LogP contribution in [0.25, 0.3) is 4.96 Å². The molecule has 0 aliphatic carbocycles. The summed E-state index contributed by atoms with van der Waals surface area (Å²) in [5.74, 6) is 1.98. The van der Waals surface area contributed by atoms with E-state index < -0.39 is 0 Å². The third kappa shape index (κ3) is 3.72. The molecule has 1 aromatic carbocycles. The molecule has 0 amide bonds. The van der Waals surface area contributed by atoms with Gasteiger partial charge in [0.15, 0.2) is 11.9 Å². The Morgan fingerprint density at radius 2 is 1.97 bits per heavy atom. The molecule has 9 heteroatoms. The van der Waals surface area contributed by atoms with Gasteiger partial charge in [-0.2, -0.15) is 4.52 Å². The van der Waals surface area contributed by atoms with Crippen molar-refractivity contribution in [2.24, 2.45) is 11.8 Å². The smallest absolute Gasteiger partial charge is 0.269 e. The highest BCUT2D eigenvalue weighted by atomic mass is 32.1. The molecule has 0 saturated carbocycles. The molecule has 1 fully saturated rings. The van der Waals surface area contributed by atoms with Crippen LogP contribution in [0, 0.1) is 22.0 Å². The molecule has 0 bridgehead atoms. The summed E-state index contributed by atoms with van der Waals surface area (Å²) in [4.78, 5) is 18.1. The summed E-state index contributed by atoms with van der Waals surface area (Å²) in [5, 5.41) is 26.5. The maximum atomic E-state index is 11.1. The molecule has 3 heterocycles. The van der Waals surface area contributed by atoms with Gasteiger partial charge in [0.05, 0.1) is 18.0 Å². The second kappa shape index (κ2) is 7.72. The molecule has 3 atom stereocenters. The lowest BCUT2D eigenvalue weighted by Gasteiger charge is -2.36. The number of nitro benzene ring substituents is 1. The first-order chi connectivity index (χ1) is 13.9. The summed E-state index contributed by atoms with van der Waals surface area (Å²) in [5.41, 5.74) is 1.03. The van der Waals surface area contributed by atoms with E-state index in [4.69, 9.17) is 0 Å². The van der Waals surface area contributed by atoms with Gasteiger partial charge in [0.2, 0.25) is 10.8 Å². The molecule has 0 unspecified atom stereocenters. The first kappa shape index (κ1) is 19.8. The van der Waals surface area contributed by atoms with E-state index in [1.165, 1.54) is 27.2 Å². The van der Waals surface area contributed by atoms with E-state index >= 15 is 0 Å². The number of hydrogen-bond donors (Lipinski definition) is 2. The topological polar surface area (TPSA) is 98.0 Å². The molecule has 1 aliphatic heterocycles. The van der Waals surface area contributed by atoms with Crippen molar-refractivity contribution in [2.45, 2.75) is 39.7 Å². The van der Waals surface area contributed by atoms with Crippen LogP contribution in [0.4, 0.5) is 5.69 Å². The van der Waals surface area contributed by atoms with E-state index in [1.54, 1.807) is 12.1 Å². The van der Waals surface area contributed by atoms with Crippen LogP contribution < -0.4 is 4.90 Å². The molecule has 2 N–H and O–H groups in total. The van der Waals surface area contributed by atoms with E-state index in [-0.39, 0.29) is 22.5 Å². The first-order valence-corrected chi connectivity index (χ1v) is 10.8. The van der Waals surface area contributed by atoms with Crippen LogP contribution in [0.5, 0.6) is 5.88 Å². The van der Waals surface area contributed by atoms with Crippen LogP contribution in [-0.2, 0) is 6.42 Å². The number of benzene rings is 1. The molecular weight excluding hydrogens is 390 g/mol. The third-order valence-electron chi connectivity index (χ3n) is 5.69. The zero-order chi connectivity index (χ0) is 20.7. The third-order valence-corrected chi connectivity index (χ3v) is 6.78. The minimum atomic E-state index is -0.385. The predicted octanol–water partition coefficient (Wildman–Crippen LogP) is 2.62. The largest absolute Gasteiger partial charge is 0.492 e. The van der Waals surface area contributed by atoms with Crippen molar-refractivity contribution in [3.8, 4) is 5.88 Å². The zero-order valence-electron chi connectivity index (χ0n) is 16.8. The van der Waals surface area contributed by atoms with Crippen molar-refractivity contribution in [1.29, 1.82) is 0 Å². The maximum Gasteiger partial charge on any atom is 0.269 e. The highest BCUT2D eigenvalue weighted by Crippen LogP contribution is 2.36. The summed E-state index contributed by atoms with van der Waals surface area (Å²) in [6.45, 7) is 8.48. The second-order valence-electron chi connectivity index (χ2n) is 8.16. The fourth-order valence-electron chi connectivity index (χ4n) is 4.56. The molecule has 154 valence electrons. The standard InChI is InChI=1S/C20H25N5O3S/c1-4-16-21-20-24(22-16)19(26)18(29-20)17(23-10-12(2)9-13(3)11-23)14-5-7-15(8-6-14)25(27)28/h5-8,12-13,17,26H,4,9-11H2,1-3H3/p+1/t12-,13-,17+/m0/s1. The molecule has 4 rings (SSSR count). The highest BCUT2D eigenvalue weighted by Gasteiger charge is 2.37. The number of rotatable bonds is 5. The van der Waals surface area contributed by atoms with Crippen LogP contribution in [0.1, 0.15) is 49.5 Å². The fourth-order valence-corrected chi connectivity index (χ4v) is 5.72. The van der Waals surface area contributed by atoms with Gasteiger partial charge in [-0.25, -0.2) is 4.98 Å². The molecule has 8 nitrogen and oxygen atoms in total. The minimum absolute atomic E-state index is 0.0716. The molecule has 3 aromatic rings. The Bertz CT molecular complexity index is 1020. The van der Waals surface area contributed by atoms with Crippen molar-refractivity contribution >= 4 is 22.0 Å². The highest BCUT2D eigenvalue weighted by molar-refractivity contribution is 7.17. The molecule has 2 aromatic heterocycles. The summed E-state index contributed by atoms with van der Waals surface area (Å²) >= 11 is 1.45. The van der Waals surface area contributed by atoms with Crippen molar-refractivity contribution < 1.29 is 14.9 Å². The summed E-state index contributed by atoms with van der Waals surface area (Å²) < 4.78 is 1.52. The Morgan fingerprint density at radius 1 is 1.31 bits per heavy atom. The van der Waals surface area contributed by atoms with E-state index in [1.807, 2.05) is 19.1 Å². The molecular formula is C20H26N5O3S+. The lowest BCUT2D eigenvalue weighted by Crippen LogP contribution is -3.14. The van der Waals surface area contributed by atoms with Gasteiger partial charge in [-0.05, 0) is 18.6 Å². The lowest BCUT2D eigenvalue weighted by molar-refractivity contribution is -0.936. The first-order valence-electron chi connectivity index (χ1n) is 10.0. The maximum absolute atomic E-state index is 11.1. The SMILES string of the molecule is CCc1nc2sc([C@@H](c3ccc([N+](=O)[O-])cc3)[NH+]3C[C@@H](C)C[C@H](C)C3)c(O)n2n1. The lowest BCUT2D eigenvalue weighted by atomic mass is 9.89. The van der Waals surface area contributed by atoms with Crippen LogP contribution in [0.15, 0.2) is 24.3 Å². The zero-order valence-corrected chi connectivity index (χ0v) is 17.6. The quantitative estimate of drug-likeness (QED) is 0.492. The van der Waals surface area contributed by atoms with Crippen LogP contribution in [-0.4, -0.2) is 37.7 Å². The van der Waals surface area contributed by atoms with Crippen LogP contribution in [0.3, 0.4) is 0 Å². The van der Waals surface area contributed by atoms with Crippen molar-refractivity contribution in [3.05, 3.63) is 50.6 Å². The van der Waals surface area contributed by atoms with E-state index in [0.29, 0.717) is 29.0 Å². The van der Waals surface area contributed by atoms with E-state index in [9.17, 15) is 15.2 Å². The number of aromatic hydroxyl groups is 1. The molecule has 0 radical (unpaired) electrons. The van der Waals surface area contributed by atoms with Gasteiger partial charge in [-0.15, -0.1) is 5.10 Å². The number of non-ortho nitro benzene ring substituents is 1. The van der Waals surface area contributed by atoms with Gasteiger partial charge in [0, 0.05) is 36.0 Å². The van der Waals surface area contributed by atoms with Gasteiger partial charge >= 0.3 is 0 Å². The van der Waals surface area contributed by atoms with E-state index in [2.05, 4.69) is 23.9 Å². The Hall–Kier alpha value is -2.52. The van der Waals surface area contributed by atoms with Gasteiger partial charge in [-0.3, -0.25) is 10.1 Å². The van der Waals surface area contributed by atoms with Crippen molar-refractivity contribution in [1.82, 2.24) is 14.6 Å². The van der Waals surface area contributed by atoms with Crippen LogP contribution >= 0.6 is 11.3 Å². The number of nitro groups is 1. The normalized spacial score (nSPS) is 23.3. The van der Waals surface area contributed by atoms with Gasteiger partial charge in [-0.1, -0.05) is 32.1 Å². The Morgan fingerprint density at radius 3 is 2.52 bits per heavy atom. The molecule has 29 heavy (non-hydrogen) atoms. The Balaban J connectivity index is 1.80. The number of fused-ring (bicyclic) bond motifs is 1. The number of aryl methyl sites for hydroxylation is 1. The fraction of sp³-hybridized carbons (Fsp3) is 0.500.